The summed E-state index contributed by atoms with van der Waals surface area (Å²) in [6, 6.07) is 20.7. The monoisotopic (exact) mass is 714 g/mol. The number of nitro groups is 1. The van der Waals surface area contributed by atoms with Crippen LogP contribution in [-0.4, -0.2) is 73.9 Å². The number of aryl methyl sites for hydroxylation is 1. The van der Waals surface area contributed by atoms with Crippen LogP contribution in [0.25, 0.3) is 0 Å². The molecule has 6 rings (SSSR count). The molecule has 3 heterocycles. The minimum atomic E-state index is -3.02. The molecule has 1 aromatic heterocycles. The van der Waals surface area contributed by atoms with Gasteiger partial charge in [-0.1, -0.05) is 54.6 Å². The van der Waals surface area contributed by atoms with E-state index in [1.54, 1.807) is 46.1 Å². The van der Waals surface area contributed by atoms with Crippen LogP contribution < -0.4 is 10.2 Å². The summed E-state index contributed by atoms with van der Waals surface area (Å²) in [5.74, 6) is -1.81. The number of rotatable bonds is 12. The number of carbonyl (C=O) groups excluding carboxylic acids is 2. The standard InChI is InChI=1S/C36H42N6O8Si/c1-22-33(51(3,4)49)32(16-17-40-20-30(38-39-40)28(21-43)25-8-6-5-7-9-25)50-36(22)29-18-27(42(47)48)14-15-31(29)41(35(36)46)19-24-10-12-26(13-11-24)37-34(45)23(2)44/h5-15,18,20,22-23,28,32-33,43-44,49H,16-17,19,21H2,1-4H3,(H,37,45)/t22-,23-,28?,32+,33-,36+/m0/s1. The first kappa shape index (κ1) is 36.0. The molecule has 2 amide bonds. The van der Waals surface area contributed by atoms with Gasteiger partial charge in [-0.05, 0) is 55.8 Å². The van der Waals surface area contributed by atoms with Crippen molar-refractivity contribution in [1.82, 2.24) is 15.0 Å². The number of ether oxygens (including phenoxy) is 1. The van der Waals surface area contributed by atoms with E-state index >= 15 is 0 Å². The van der Waals surface area contributed by atoms with Gasteiger partial charge in [0.2, 0.25) is 0 Å². The van der Waals surface area contributed by atoms with Gasteiger partial charge >= 0.3 is 0 Å². The number of non-ortho nitro benzene ring substituents is 1. The van der Waals surface area contributed by atoms with Gasteiger partial charge in [0, 0.05) is 47.6 Å². The fourth-order valence-corrected chi connectivity index (χ4v) is 10.2. The number of hydrogen-bond donors (Lipinski definition) is 4. The van der Waals surface area contributed by atoms with Gasteiger partial charge in [0.1, 0.15) is 6.10 Å². The number of nitrogens with zero attached hydrogens (tertiary/aromatic N) is 5. The van der Waals surface area contributed by atoms with Crippen LogP contribution in [0.2, 0.25) is 18.6 Å². The fraction of sp³-hybridized carbons (Fsp3) is 0.389. The summed E-state index contributed by atoms with van der Waals surface area (Å²) in [7, 11) is -3.02. The normalized spacial score (nSPS) is 22.6. The molecule has 14 nitrogen and oxygen atoms in total. The van der Waals surface area contributed by atoms with Crippen molar-refractivity contribution in [3.8, 4) is 0 Å². The Morgan fingerprint density at radius 1 is 1.14 bits per heavy atom. The smallest absolute Gasteiger partial charge is 0.269 e. The minimum absolute atomic E-state index is 0.122. The van der Waals surface area contributed by atoms with Crippen LogP contribution in [0.1, 0.15) is 48.6 Å². The SMILES string of the molecule is C[C@H](O)C(=O)Nc1ccc(CN2C(=O)[C@]3(O[C@H](CCn4cc(C(CO)c5ccccc5)nn4)[C@@H]([Si](C)(C)O)[C@@H]3C)c3cc([N+](=O)[O-])ccc32)cc1. The molecule has 6 atom stereocenters. The Morgan fingerprint density at radius 3 is 2.47 bits per heavy atom. The lowest BCUT2D eigenvalue weighted by Crippen LogP contribution is -2.46. The van der Waals surface area contributed by atoms with Crippen molar-refractivity contribution >= 4 is 37.2 Å². The number of carbonyl (C=O) groups is 2. The molecule has 0 bridgehead atoms. The van der Waals surface area contributed by atoms with E-state index < -0.39 is 48.4 Å². The van der Waals surface area contributed by atoms with Crippen LogP contribution in [0.3, 0.4) is 0 Å². The highest BCUT2D eigenvalue weighted by molar-refractivity contribution is 6.71. The molecule has 2 aliphatic rings. The number of benzene rings is 3. The molecule has 51 heavy (non-hydrogen) atoms. The maximum atomic E-state index is 14.7. The van der Waals surface area contributed by atoms with Crippen LogP contribution in [-0.2, 0) is 33.0 Å². The number of nitro benzene ring substituents is 1. The lowest BCUT2D eigenvalue weighted by molar-refractivity contribution is -0.385. The molecule has 1 spiro atoms. The Labute approximate surface area is 296 Å². The molecule has 268 valence electrons. The predicted octanol–water partition coefficient (Wildman–Crippen LogP) is 4.06. The van der Waals surface area contributed by atoms with Crippen molar-refractivity contribution in [1.29, 1.82) is 0 Å². The molecule has 1 saturated heterocycles. The zero-order chi connectivity index (χ0) is 36.7. The first-order valence-electron chi connectivity index (χ1n) is 16.9. The summed E-state index contributed by atoms with van der Waals surface area (Å²) in [4.78, 5) is 51.3. The van der Waals surface area contributed by atoms with Crippen molar-refractivity contribution < 1.29 is 34.3 Å². The zero-order valence-corrected chi connectivity index (χ0v) is 29.8. The number of aromatic nitrogens is 3. The highest BCUT2D eigenvalue weighted by Gasteiger charge is 2.66. The number of aliphatic hydroxyl groups excluding tert-OH is 2. The molecular weight excluding hydrogens is 673 g/mol. The third kappa shape index (κ3) is 6.82. The van der Waals surface area contributed by atoms with Crippen LogP contribution in [0.5, 0.6) is 0 Å². The lowest BCUT2D eigenvalue weighted by Gasteiger charge is -2.32. The first-order chi connectivity index (χ1) is 24.2. The predicted molar refractivity (Wildman–Crippen MR) is 190 cm³/mol. The second-order valence-corrected chi connectivity index (χ2v) is 17.9. The minimum Gasteiger partial charge on any atom is -0.432 e. The molecule has 0 aliphatic carbocycles. The average molecular weight is 715 g/mol. The third-order valence-electron chi connectivity index (χ3n) is 10.1. The summed E-state index contributed by atoms with van der Waals surface area (Å²) >= 11 is 0. The number of amides is 2. The number of anilines is 2. The Balaban J connectivity index is 1.30. The maximum absolute atomic E-state index is 14.7. The molecule has 15 heteroatoms. The van der Waals surface area contributed by atoms with Gasteiger partial charge in [-0.25, -0.2) is 0 Å². The van der Waals surface area contributed by atoms with Crippen LogP contribution in [0.4, 0.5) is 17.1 Å². The van der Waals surface area contributed by atoms with Crippen molar-refractivity contribution in [3.05, 3.63) is 111 Å². The topological polar surface area (TPSA) is 193 Å². The molecule has 0 saturated carbocycles. The molecular formula is C36H42N6O8Si. The van der Waals surface area contributed by atoms with E-state index in [1.807, 2.05) is 50.3 Å². The van der Waals surface area contributed by atoms with Crippen molar-refractivity contribution in [2.45, 2.75) is 75.7 Å². The quantitative estimate of drug-likeness (QED) is 0.0945. The summed E-state index contributed by atoms with van der Waals surface area (Å²) in [6.07, 6.45) is 0.391. The molecule has 2 aliphatic heterocycles. The first-order valence-corrected chi connectivity index (χ1v) is 19.9. The van der Waals surface area contributed by atoms with Gasteiger partial charge in [0.15, 0.2) is 13.9 Å². The molecule has 0 radical (unpaired) electrons. The summed E-state index contributed by atoms with van der Waals surface area (Å²) < 4.78 is 8.51. The van der Waals surface area contributed by atoms with Crippen molar-refractivity contribution in [2.24, 2.45) is 5.92 Å². The second kappa shape index (κ2) is 14.1. The van der Waals surface area contributed by atoms with Gasteiger partial charge in [0.25, 0.3) is 17.5 Å². The largest absolute Gasteiger partial charge is 0.432 e. The fourth-order valence-electron chi connectivity index (χ4n) is 7.63. The van der Waals surface area contributed by atoms with E-state index in [9.17, 15) is 34.7 Å². The van der Waals surface area contributed by atoms with E-state index in [-0.39, 0.29) is 30.7 Å². The van der Waals surface area contributed by atoms with Gasteiger partial charge in [-0.2, -0.15) is 0 Å². The highest BCUT2D eigenvalue weighted by Crippen LogP contribution is 2.60. The van der Waals surface area contributed by atoms with E-state index in [0.717, 1.165) is 11.1 Å². The van der Waals surface area contributed by atoms with Crippen molar-refractivity contribution in [3.63, 3.8) is 0 Å². The van der Waals surface area contributed by atoms with Gasteiger partial charge in [0.05, 0.1) is 41.5 Å². The number of aliphatic hydroxyl groups is 2. The Hall–Kier alpha value is -4.80. The van der Waals surface area contributed by atoms with Gasteiger partial charge in [-0.3, -0.25) is 24.4 Å². The Bertz CT molecular complexity index is 1910. The molecule has 1 unspecified atom stereocenters. The van der Waals surface area contributed by atoms with E-state index in [4.69, 9.17) is 4.74 Å². The second-order valence-electron chi connectivity index (χ2n) is 13.9. The number of hydrogen-bond acceptors (Lipinski definition) is 10. The molecule has 4 N–H and O–H groups in total. The van der Waals surface area contributed by atoms with Crippen LogP contribution >= 0.6 is 0 Å². The number of nitrogens with one attached hydrogen (secondary N) is 1. The van der Waals surface area contributed by atoms with Crippen LogP contribution in [0.15, 0.2) is 79.0 Å². The summed E-state index contributed by atoms with van der Waals surface area (Å²) in [5.41, 5.74) is 1.42. The molecule has 1 fully saturated rings. The van der Waals surface area contributed by atoms with E-state index in [0.29, 0.717) is 35.6 Å². The molecule has 4 aromatic rings. The summed E-state index contributed by atoms with van der Waals surface area (Å²) in [5, 5.41) is 42.9. The zero-order valence-electron chi connectivity index (χ0n) is 28.8. The number of fused-ring (bicyclic) bond motifs is 2. The Kier molecular flexibility index (Phi) is 9.94. The van der Waals surface area contributed by atoms with Gasteiger partial charge < -0.3 is 30.0 Å². The summed E-state index contributed by atoms with van der Waals surface area (Å²) in [6.45, 7) is 7.20. The third-order valence-corrected chi connectivity index (χ3v) is 12.6. The maximum Gasteiger partial charge on any atom is 0.269 e. The van der Waals surface area contributed by atoms with E-state index in [1.165, 1.54) is 19.1 Å². The van der Waals surface area contributed by atoms with Gasteiger partial charge in [-0.15, -0.1) is 5.10 Å². The average Bonchev–Trinajstić information content (AvgIpc) is 3.75. The van der Waals surface area contributed by atoms with Crippen LogP contribution in [0, 0.1) is 16.0 Å². The van der Waals surface area contributed by atoms with Crippen molar-refractivity contribution in [2.75, 3.05) is 16.8 Å². The van der Waals surface area contributed by atoms with E-state index in [2.05, 4.69) is 15.6 Å². The lowest BCUT2D eigenvalue weighted by atomic mass is 9.82. The Morgan fingerprint density at radius 2 is 1.84 bits per heavy atom. The molecule has 3 aromatic carbocycles. The highest BCUT2D eigenvalue weighted by atomic mass is 28.4.